The van der Waals surface area contributed by atoms with Gasteiger partial charge in [-0.1, -0.05) is 19.3 Å². The predicted molar refractivity (Wildman–Crippen MR) is 32.8 cm³/mol. The zero-order valence-electron chi connectivity index (χ0n) is 4.37. The molecule has 0 aromatic heterocycles. The maximum atomic E-state index is 5.06. The molecule has 0 heterocycles. The van der Waals surface area contributed by atoms with Gasteiger partial charge in [0.05, 0.1) is 0 Å². The minimum Gasteiger partial charge on any atom is -0.0856 e. The standard InChI is InChI=1S/C6H8Cl/c1-2-3-4-5-6-7/h3H,2,4H2,1H3. The molecule has 1 heteroatoms. The van der Waals surface area contributed by atoms with Gasteiger partial charge < -0.3 is 0 Å². The van der Waals surface area contributed by atoms with E-state index in [0.29, 0.717) is 0 Å². The molecule has 0 rings (SSSR count). The van der Waals surface area contributed by atoms with Gasteiger partial charge in [0.15, 0.2) is 0 Å². The summed E-state index contributed by atoms with van der Waals surface area (Å²) in [5.74, 6) is 2.71. The Morgan fingerprint density at radius 2 is 2.43 bits per heavy atom. The lowest BCUT2D eigenvalue weighted by atomic mass is 10.3. The Balaban J connectivity index is 2.78. The van der Waals surface area contributed by atoms with Crippen LogP contribution in [0.25, 0.3) is 0 Å². The average molecular weight is 116 g/mol. The van der Waals surface area contributed by atoms with Crippen molar-refractivity contribution in [3.05, 3.63) is 6.42 Å². The van der Waals surface area contributed by atoms with Gasteiger partial charge in [-0.3, -0.25) is 0 Å². The molecule has 0 atom stereocenters. The molecule has 0 bridgehead atoms. The number of hydrogen-bond acceptors (Lipinski definition) is 0. The van der Waals surface area contributed by atoms with E-state index < -0.39 is 0 Å². The van der Waals surface area contributed by atoms with Gasteiger partial charge in [-0.2, -0.15) is 0 Å². The van der Waals surface area contributed by atoms with Crippen molar-refractivity contribution in [1.29, 1.82) is 0 Å². The van der Waals surface area contributed by atoms with Gasteiger partial charge in [-0.05, 0) is 18.0 Å². The van der Waals surface area contributed by atoms with E-state index in [2.05, 4.69) is 24.6 Å². The first-order valence-corrected chi connectivity index (χ1v) is 2.69. The smallest absolute Gasteiger partial charge is 0.0132 e. The fraction of sp³-hybridized carbons (Fsp3) is 0.500. The van der Waals surface area contributed by atoms with Crippen molar-refractivity contribution in [2.45, 2.75) is 19.8 Å². The van der Waals surface area contributed by atoms with E-state index in [-0.39, 0.29) is 0 Å². The Morgan fingerprint density at radius 3 is 2.86 bits per heavy atom. The van der Waals surface area contributed by atoms with E-state index in [1.165, 1.54) is 0 Å². The van der Waals surface area contributed by atoms with E-state index in [0.717, 1.165) is 12.8 Å². The Morgan fingerprint density at radius 1 is 1.71 bits per heavy atom. The van der Waals surface area contributed by atoms with Crippen molar-refractivity contribution in [3.8, 4) is 11.3 Å². The zero-order chi connectivity index (χ0) is 5.54. The second-order valence-electron chi connectivity index (χ2n) is 1.17. The molecule has 0 aromatic rings. The van der Waals surface area contributed by atoms with Crippen LogP contribution < -0.4 is 0 Å². The van der Waals surface area contributed by atoms with E-state index in [4.69, 9.17) is 11.6 Å². The first-order chi connectivity index (χ1) is 3.41. The van der Waals surface area contributed by atoms with Crippen molar-refractivity contribution < 1.29 is 0 Å². The molecule has 39 valence electrons. The van der Waals surface area contributed by atoms with Gasteiger partial charge >= 0.3 is 0 Å². The van der Waals surface area contributed by atoms with Crippen LogP contribution in [0.3, 0.4) is 0 Å². The number of rotatable bonds is 2. The van der Waals surface area contributed by atoms with Gasteiger partial charge in [-0.25, -0.2) is 0 Å². The lowest BCUT2D eigenvalue weighted by molar-refractivity contribution is 1.04. The molecule has 0 nitrogen and oxygen atoms in total. The van der Waals surface area contributed by atoms with E-state index in [1.807, 2.05) is 0 Å². The van der Waals surface area contributed by atoms with Gasteiger partial charge in [0.2, 0.25) is 0 Å². The summed E-state index contributed by atoms with van der Waals surface area (Å²) in [5, 5.41) is 2.29. The second-order valence-corrected chi connectivity index (χ2v) is 1.36. The number of unbranched alkanes of at least 4 members (excludes halogenated alkanes) is 2. The molecular weight excluding hydrogens is 108 g/mol. The monoisotopic (exact) mass is 115 g/mol. The molecule has 0 unspecified atom stereocenters. The van der Waals surface area contributed by atoms with Crippen molar-refractivity contribution >= 4 is 11.6 Å². The highest BCUT2D eigenvalue weighted by atomic mass is 35.5. The predicted octanol–water partition coefficient (Wildman–Crippen LogP) is 2.19. The highest BCUT2D eigenvalue weighted by molar-refractivity contribution is 6.30. The van der Waals surface area contributed by atoms with Crippen molar-refractivity contribution in [2.24, 2.45) is 0 Å². The molecule has 0 amide bonds. The summed E-state index contributed by atoms with van der Waals surface area (Å²) in [6, 6.07) is 0. The maximum absolute atomic E-state index is 5.06. The molecule has 0 aliphatic carbocycles. The quantitative estimate of drug-likeness (QED) is 0.382. The molecule has 0 fully saturated rings. The topological polar surface area (TPSA) is 0 Å². The van der Waals surface area contributed by atoms with Crippen LogP contribution in [0, 0.1) is 17.7 Å². The van der Waals surface area contributed by atoms with E-state index >= 15 is 0 Å². The van der Waals surface area contributed by atoms with Gasteiger partial charge in [0.1, 0.15) is 0 Å². The molecule has 0 aromatic carbocycles. The summed E-state index contributed by atoms with van der Waals surface area (Å²) in [6.45, 7) is 2.08. The summed E-state index contributed by atoms with van der Waals surface area (Å²) < 4.78 is 0. The molecule has 0 aliphatic rings. The zero-order valence-corrected chi connectivity index (χ0v) is 5.13. The van der Waals surface area contributed by atoms with Crippen molar-refractivity contribution in [3.63, 3.8) is 0 Å². The molecule has 0 N–H and O–H groups in total. The van der Waals surface area contributed by atoms with Crippen LogP contribution >= 0.6 is 11.6 Å². The third kappa shape index (κ3) is 5.85. The molecule has 0 spiro atoms. The normalized spacial score (nSPS) is 7.14. The van der Waals surface area contributed by atoms with Crippen LogP contribution in [0.2, 0.25) is 0 Å². The largest absolute Gasteiger partial charge is 0.0856 e. The number of halogens is 1. The van der Waals surface area contributed by atoms with Crippen LogP contribution in [0.15, 0.2) is 0 Å². The molecule has 0 saturated carbocycles. The second kappa shape index (κ2) is 5.85. The average Bonchev–Trinajstić information content (AvgIpc) is 1.69. The molecule has 0 saturated heterocycles. The van der Waals surface area contributed by atoms with Crippen molar-refractivity contribution in [2.75, 3.05) is 0 Å². The Labute approximate surface area is 49.9 Å². The van der Waals surface area contributed by atoms with Gasteiger partial charge in [0.25, 0.3) is 0 Å². The number of hydrogen-bond donors (Lipinski definition) is 0. The minimum absolute atomic E-state index is 0.819. The fourth-order valence-electron chi connectivity index (χ4n) is 0.255. The summed E-state index contributed by atoms with van der Waals surface area (Å²) in [7, 11) is 0. The van der Waals surface area contributed by atoms with Crippen LogP contribution in [0.4, 0.5) is 0 Å². The maximum Gasteiger partial charge on any atom is 0.0132 e. The SMILES string of the molecule is CC[CH]CC#CCl. The Bertz CT molecular complexity index is 75.9. The van der Waals surface area contributed by atoms with Crippen LogP contribution in [0.1, 0.15) is 19.8 Å². The molecule has 0 aliphatic heterocycles. The summed E-state index contributed by atoms with van der Waals surface area (Å²) >= 11 is 5.06. The molecule has 7 heavy (non-hydrogen) atoms. The fourth-order valence-corrected chi connectivity index (χ4v) is 0.332. The van der Waals surface area contributed by atoms with Gasteiger partial charge in [-0.15, -0.1) is 0 Å². The van der Waals surface area contributed by atoms with Crippen LogP contribution in [0.5, 0.6) is 0 Å². The molecule has 1 radical (unpaired) electrons. The van der Waals surface area contributed by atoms with E-state index in [9.17, 15) is 0 Å². The highest BCUT2D eigenvalue weighted by Crippen LogP contribution is 1.88. The molecular formula is C6H8Cl. The minimum atomic E-state index is 0.819. The highest BCUT2D eigenvalue weighted by Gasteiger charge is 1.73. The third-order valence-electron chi connectivity index (χ3n) is 0.602. The Hall–Kier alpha value is -0.150. The lowest BCUT2D eigenvalue weighted by Crippen LogP contribution is -1.65. The first kappa shape index (κ1) is 6.85. The van der Waals surface area contributed by atoms with Crippen LogP contribution in [-0.2, 0) is 0 Å². The summed E-state index contributed by atoms with van der Waals surface area (Å²) in [4.78, 5) is 0. The third-order valence-corrected chi connectivity index (χ3v) is 0.736. The summed E-state index contributed by atoms with van der Waals surface area (Å²) in [6.07, 6.45) is 3.97. The van der Waals surface area contributed by atoms with Crippen LogP contribution in [-0.4, -0.2) is 0 Å². The first-order valence-electron chi connectivity index (χ1n) is 2.32. The van der Waals surface area contributed by atoms with Gasteiger partial charge in [0, 0.05) is 11.8 Å². The van der Waals surface area contributed by atoms with Crippen molar-refractivity contribution in [1.82, 2.24) is 0 Å². The van der Waals surface area contributed by atoms with E-state index in [1.54, 1.807) is 0 Å². The summed E-state index contributed by atoms with van der Waals surface area (Å²) in [5.41, 5.74) is 0. The lowest BCUT2D eigenvalue weighted by Gasteiger charge is -1.79. The Kier molecular flexibility index (Phi) is 5.72.